The molecule has 4 rings (SSSR count). The third-order valence-electron chi connectivity index (χ3n) is 7.19. The smallest absolute Gasteiger partial charge is 0.504 e. The summed E-state index contributed by atoms with van der Waals surface area (Å²) in [6, 6.07) is -0.933. The second-order valence-corrected chi connectivity index (χ2v) is 11.8. The zero-order chi connectivity index (χ0) is 30.4. The number of thioether (sulfide) groups is 1. The molecule has 0 bridgehead atoms. The van der Waals surface area contributed by atoms with Crippen molar-refractivity contribution < 1.29 is 78.4 Å². The van der Waals surface area contributed by atoms with Crippen molar-refractivity contribution in [3.05, 3.63) is 23.8 Å². The molecule has 0 radical (unpaired) electrons. The molecule has 220 valence electrons. The van der Waals surface area contributed by atoms with Crippen molar-refractivity contribution in [2.24, 2.45) is 0 Å². The van der Waals surface area contributed by atoms with E-state index >= 15 is 0 Å². The van der Waals surface area contributed by atoms with Crippen LogP contribution in [0.4, 0.5) is 4.79 Å². The Bertz CT molecular complexity index is 1360. The summed E-state index contributed by atoms with van der Waals surface area (Å²) in [7, 11) is 0. The number of rotatable bonds is 8. The van der Waals surface area contributed by atoms with Gasteiger partial charge < -0.3 is 41.1 Å². The minimum Gasteiger partial charge on any atom is -0.504 e. The number of aliphatic carboxylic acids is 1. The molecule has 0 unspecified atom stereocenters. The van der Waals surface area contributed by atoms with Gasteiger partial charge in [0.2, 0.25) is 18.0 Å². The molecule has 0 saturated carbocycles. The van der Waals surface area contributed by atoms with Gasteiger partial charge >= 0.3 is 53.4 Å². The summed E-state index contributed by atoms with van der Waals surface area (Å²) >= 11 is 1.03. The van der Waals surface area contributed by atoms with Gasteiger partial charge in [-0.15, -0.1) is 11.8 Å². The maximum Gasteiger partial charge on any atom is 1.00 e. The van der Waals surface area contributed by atoms with Crippen molar-refractivity contribution >= 4 is 53.8 Å². The third-order valence-corrected chi connectivity index (χ3v) is 8.82. The van der Waals surface area contributed by atoms with E-state index in [1.165, 1.54) is 11.0 Å². The standard InChI is InChI=1S/C24H28N6O10S.Na/c1-4-28-7-8-29(18(36)17(28)35)22(40)26-14(11-5-6-12(32)13(33)9-11)16(34)27-24(25-10-31)20(39)30-15(19(37)38)23(2,3)41-21(24)30;/h5-6,9-10,14-15,21,32-33H,4,7-8H2,1-3H3,(H,25,31)(H,26,40)(H,27,34)(H,37,38);/q;+1/t14-,15+,21-,24-;/m1./s1. The summed E-state index contributed by atoms with van der Waals surface area (Å²) in [5.74, 6) is -6.52. The number of likely N-dealkylation sites (N-methyl/N-ethyl adjacent to an activating group) is 1. The normalized spacial score (nSPS) is 25.0. The quantitative estimate of drug-likeness (QED) is 0.0407. The van der Waals surface area contributed by atoms with Crippen LogP contribution < -0.4 is 45.5 Å². The maximum absolute atomic E-state index is 13.7. The molecule has 42 heavy (non-hydrogen) atoms. The predicted molar refractivity (Wildman–Crippen MR) is 139 cm³/mol. The molecule has 1 aromatic carbocycles. The van der Waals surface area contributed by atoms with Gasteiger partial charge in [-0.1, -0.05) is 6.07 Å². The second-order valence-electron chi connectivity index (χ2n) is 10.1. The first-order valence-electron chi connectivity index (χ1n) is 12.4. The summed E-state index contributed by atoms with van der Waals surface area (Å²) in [5, 5.41) is 35.4. The first kappa shape index (κ1) is 33.0. The predicted octanol–water partition coefficient (Wildman–Crippen LogP) is -4.75. The zero-order valence-corrected chi connectivity index (χ0v) is 25.9. The molecular formula is C24H28N6NaO10S+. The number of β-lactam (4-membered cyclic amide) rings is 1. The first-order chi connectivity index (χ1) is 19.2. The molecule has 3 saturated heterocycles. The van der Waals surface area contributed by atoms with Crippen molar-refractivity contribution in [3.63, 3.8) is 0 Å². The Morgan fingerprint density at radius 2 is 1.79 bits per heavy atom. The molecule has 1 aromatic rings. The molecule has 0 aromatic heterocycles. The van der Waals surface area contributed by atoms with E-state index in [9.17, 15) is 48.9 Å². The van der Waals surface area contributed by atoms with Gasteiger partial charge in [0.25, 0.3) is 5.91 Å². The number of phenolic OH excluding ortho intramolecular Hbond substituents is 2. The molecule has 6 N–H and O–H groups in total. The summed E-state index contributed by atoms with van der Waals surface area (Å²) in [6.45, 7) is 4.97. The van der Waals surface area contributed by atoms with Crippen molar-refractivity contribution in [1.82, 2.24) is 30.7 Å². The van der Waals surface area contributed by atoms with Gasteiger partial charge in [0.15, 0.2) is 11.5 Å². The third kappa shape index (κ3) is 5.36. The van der Waals surface area contributed by atoms with Crippen LogP contribution in [0.5, 0.6) is 11.5 Å². The van der Waals surface area contributed by atoms with Crippen LogP contribution in [-0.4, -0.2) is 114 Å². The molecule has 4 atom stereocenters. The van der Waals surface area contributed by atoms with Crippen molar-refractivity contribution in [3.8, 4) is 11.5 Å². The number of carbonyl (C=O) groups is 7. The van der Waals surface area contributed by atoms with Crippen LogP contribution in [0, 0.1) is 0 Å². The second kappa shape index (κ2) is 12.0. The molecule has 0 aliphatic carbocycles. The van der Waals surface area contributed by atoms with E-state index in [1.54, 1.807) is 20.8 Å². The molecule has 7 amide bonds. The Morgan fingerprint density at radius 3 is 2.36 bits per heavy atom. The maximum atomic E-state index is 13.7. The molecule has 0 spiro atoms. The van der Waals surface area contributed by atoms with Crippen molar-refractivity contribution in [2.45, 2.75) is 48.6 Å². The average Bonchev–Trinajstić information content (AvgIpc) is 3.18. The number of aromatic hydroxyl groups is 2. The number of piperazine rings is 1. The molecule has 18 heteroatoms. The summed E-state index contributed by atoms with van der Waals surface area (Å²) in [6.07, 6.45) is 0.161. The fourth-order valence-corrected chi connectivity index (χ4v) is 6.75. The van der Waals surface area contributed by atoms with Crippen LogP contribution in [0.25, 0.3) is 0 Å². The Morgan fingerprint density at radius 1 is 1.12 bits per heavy atom. The number of nitrogens with zero attached hydrogens (tertiary/aromatic N) is 3. The van der Waals surface area contributed by atoms with E-state index in [1.807, 2.05) is 0 Å². The Hall–Kier alpha value is -3.54. The number of carbonyl (C=O) groups excluding carboxylic acids is 6. The minimum absolute atomic E-state index is 0. The number of hydrogen-bond donors (Lipinski definition) is 6. The number of imide groups is 1. The van der Waals surface area contributed by atoms with Gasteiger partial charge in [0.05, 0.1) is 0 Å². The number of carboxylic acids is 1. The summed E-state index contributed by atoms with van der Waals surface area (Å²) in [4.78, 5) is 91.4. The summed E-state index contributed by atoms with van der Waals surface area (Å²) in [5.41, 5.74) is -2.18. The summed E-state index contributed by atoms with van der Waals surface area (Å²) < 4.78 is -1.01. The molecule has 3 aliphatic rings. The largest absolute Gasteiger partial charge is 1.00 e. The van der Waals surface area contributed by atoms with Gasteiger partial charge in [-0.05, 0) is 38.5 Å². The van der Waals surface area contributed by atoms with Gasteiger partial charge in [-0.2, -0.15) is 0 Å². The SMILES string of the molecule is CCN1CCN(C(=O)N[C@@H](C(=O)N[C@]2(NC=O)C(=O)N3[C@@H](C(=O)O)C(C)(C)S[C@@H]32)c2ccc(O)c(O)c2)C(=O)C1=O.[Na+]. The van der Waals surface area contributed by atoms with E-state index < -0.39 is 75.0 Å². The van der Waals surface area contributed by atoms with Gasteiger partial charge in [-0.25, -0.2) is 9.59 Å². The zero-order valence-electron chi connectivity index (χ0n) is 23.1. The number of benzene rings is 1. The number of carboxylic acid groups (broad SMARTS) is 1. The number of phenols is 2. The van der Waals surface area contributed by atoms with Gasteiger partial charge in [-0.3, -0.25) is 28.9 Å². The average molecular weight is 616 g/mol. The van der Waals surface area contributed by atoms with Crippen LogP contribution in [0.15, 0.2) is 18.2 Å². The Labute approximate surface area is 265 Å². The minimum atomic E-state index is -2.09. The van der Waals surface area contributed by atoms with Crippen LogP contribution in [0.3, 0.4) is 0 Å². The monoisotopic (exact) mass is 615 g/mol. The fourth-order valence-electron chi connectivity index (χ4n) is 5.09. The molecule has 16 nitrogen and oxygen atoms in total. The van der Waals surface area contributed by atoms with Gasteiger partial charge in [0.1, 0.15) is 17.5 Å². The number of hydrogen-bond acceptors (Lipinski definition) is 10. The van der Waals surface area contributed by atoms with E-state index in [4.69, 9.17) is 0 Å². The van der Waals surface area contributed by atoms with Gasteiger partial charge in [0, 0.05) is 24.4 Å². The van der Waals surface area contributed by atoms with Crippen LogP contribution in [0.1, 0.15) is 32.4 Å². The van der Waals surface area contributed by atoms with E-state index in [2.05, 4.69) is 16.0 Å². The first-order valence-corrected chi connectivity index (χ1v) is 13.3. The topological polar surface area (TPSA) is 226 Å². The van der Waals surface area contributed by atoms with Crippen LogP contribution >= 0.6 is 11.8 Å². The Balaban J connectivity index is 0.00000484. The van der Waals surface area contributed by atoms with E-state index in [-0.39, 0.29) is 61.2 Å². The van der Waals surface area contributed by atoms with Crippen LogP contribution in [-0.2, 0) is 28.8 Å². The number of urea groups is 1. The molecular weight excluding hydrogens is 587 g/mol. The molecule has 3 heterocycles. The van der Waals surface area contributed by atoms with E-state index in [0.717, 1.165) is 28.8 Å². The van der Waals surface area contributed by atoms with Crippen molar-refractivity contribution in [1.29, 1.82) is 0 Å². The fraction of sp³-hybridized carbons (Fsp3) is 0.458. The Kier molecular flexibility index (Phi) is 9.41. The molecule has 3 fully saturated rings. The van der Waals surface area contributed by atoms with Crippen LogP contribution in [0.2, 0.25) is 0 Å². The number of amides is 7. The molecule has 3 aliphatic heterocycles. The van der Waals surface area contributed by atoms with Crippen molar-refractivity contribution in [2.75, 3.05) is 19.6 Å². The number of nitrogens with one attached hydrogen (secondary N) is 3. The number of fused-ring (bicyclic) bond motifs is 1. The van der Waals surface area contributed by atoms with E-state index in [0.29, 0.717) is 4.90 Å².